The number of fused-ring (bicyclic) bond motifs is 3. The monoisotopic (exact) mass is 937 g/mol. The van der Waals surface area contributed by atoms with E-state index in [1.807, 2.05) is 24.3 Å². The summed E-state index contributed by atoms with van der Waals surface area (Å²) in [4.78, 5) is 31.6. The maximum absolute atomic E-state index is 11.6. The molecule has 2 aromatic carbocycles. The van der Waals surface area contributed by atoms with Crippen molar-refractivity contribution in [2.45, 2.75) is 117 Å². The van der Waals surface area contributed by atoms with Crippen LogP contribution in [0.2, 0.25) is 0 Å². The topological polar surface area (TPSA) is 127 Å². The number of aliphatic carboxylic acids is 2. The van der Waals surface area contributed by atoms with Gasteiger partial charge in [-0.05, 0) is 127 Å². The summed E-state index contributed by atoms with van der Waals surface area (Å²) in [5, 5.41) is 40.2. The highest BCUT2D eigenvalue weighted by Gasteiger charge is 2.20. The van der Waals surface area contributed by atoms with Crippen molar-refractivity contribution < 1.29 is 19.8 Å². The molecule has 0 bridgehead atoms. The summed E-state index contributed by atoms with van der Waals surface area (Å²) in [7, 11) is 0. The van der Waals surface area contributed by atoms with Crippen LogP contribution in [0.4, 0.5) is 0 Å². The van der Waals surface area contributed by atoms with Crippen LogP contribution >= 0.6 is 45.3 Å². The molecular weight excluding hydrogens is 883 g/mol. The average molecular weight is 938 g/mol. The van der Waals surface area contributed by atoms with Crippen LogP contribution in [-0.2, 0) is 29.0 Å². The largest absolute Gasteiger partial charge is 0.477 e. The number of carboxylic acids is 2. The van der Waals surface area contributed by atoms with Crippen molar-refractivity contribution in [2.24, 2.45) is 0 Å². The molecule has 5 heterocycles. The minimum Gasteiger partial charge on any atom is -0.477 e. The van der Waals surface area contributed by atoms with Crippen LogP contribution in [0.25, 0.3) is 74.3 Å². The van der Waals surface area contributed by atoms with Gasteiger partial charge in [0, 0.05) is 67.4 Å². The fraction of sp³-hybridized carbons (Fsp3) is 0.333. The summed E-state index contributed by atoms with van der Waals surface area (Å²) in [6.07, 6.45) is 18.9. The maximum Gasteiger partial charge on any atom is 0.346 e. The summed E-state index contributed by atoms with van der Waals surface area (Å²) < 4.78 is 2.52. The Hall–Kier alpha value is -5.56. The van der Waals surface area contributed by atoms with Gasteiger partial charge in [-0.3, -0.25) is 0 Å². The molecule has 7 aromatic rings. The third-order valence-electron chi connectivity index (χ3n) is 11.9. The van der Waals surface area contributed by atoms with Crippen molar-refractivity contribution in [1.29, 1.82) is 10.5 Å². The van der Waals surface area contributed by atoms with Crippen molar-refractivity contribution in [1.82, 2.24) is 4.57 Å². The zero-order valence-electron chi connectivity index (χ0n) is 37.4. The summed E-state index contributed by atoms with van der Waals surface area (Å²) in [5.74, 6) is -2.44. The van der Waals surface area contributed by atoms with Crippen LogP contribution in [0, 0.1) is 22.7 Å². The lowest BCUT2D eigenvalue weighted by Gasteiger charge is -2.09. The van der Waals surface area contributed by atoms with Gasteiger partial charge in [-0.2, -0.15) is 10.5 Å². The van der Waals surface area contributed by atoms with Gasteiger partial charge in [0.05, 0.1) is 0 Å². The molecule has 0 amide bonds. The van der Waals surface area contributed by atoms with Gasteiger partial charge >= 0.3 is 11.9 Å². The van der Waals surface area contributed by atoms with E-state index < -0.39 is 11.9 Å². The Morgan fingerprint density at radius 1 is 0.538 bits per heavy atom. The van der Waals surface area contributed by atoms with Crippen LogP contribution in [0.1, 0.15) is 119 Å². The molecule has 0 radical (unpaired) electrons. The Balaban J connectivity index is 1.34. The lowest BCUT2D eigenvalue weighted by molar-refractivity contribution is -0.133. The van der Waals surface area contributed by atoms with E-state index in [9.17, 15) is 30.3 Å². The molecule has 0 saturated carbocycles. The molecule has 11 heteroatoms. The second kappa shape index (κ2) is 22.6. The number of carboxylic acid groups (broad SMARTS) is 2. The van der Waals surface area contributed by atoms with Crippen molar-refractivity contribution in [2.75, 3.05) is 0 Å². The Bertz CT molecular complexity index is 2760. The molecule has 7 nitrogen and oxygen atoms in total. The number of benzene rings is 2. The molecule has 0 aliphatic heterocycles. The average Bonchev–Trinajstić information content (AvgIpc) is 4.16. The van der Waals surface area contributed by atoms with E-state index in [2.05, 4.69) is 73.9 Å². The van der Waals surface area contributed by atoms with Crippen LogP contribution in [0.15, 0.2) is 83.9 Å². The van der Waals surface area contributed by atoms with Crippen molar-refractivity contribution in [3.8, 4) is 52.5 Å². The first-order chi connectivity index (χ1) is 31.7. The number of nitrogens with zero attached hydrogens (tertiary/aromatic N) is 3. The van der Waals surface area contributed by atoms with E-state index in [1.54, 1.807) is 34.8 Å². The molecule has 7 rings (SSSR count). The van der Waals surface area contributed by atoms with Gasteiger partial charge in [-0.1, -0.05) is 90.7 Å². The second-order valence-electron chi connectivity index (χ2n) is 16.6. The van der Waals surface area contributed by atoms with E-state index in [4.69, 9.17) is 0 Å². The minimum absolute atomic E-state index is 0.273. The minimum atomic E-state index is -1.22. The number of hydrogen-bond acceptors (Lipinski definition) is 8. The number of thiophene rings is 4. The third-order valence-corrected chi connectivity index (χ3v) is 16.8. The highest BCUT2D eigenvalue weighted by molar-refractivity contribution is 7.25. The summed E-state index contributed by atoms with van der Waals surface area (Å²) in [6.45, 7) is 7.68. The molecule has 0 spiro atoms. The molecule has 0 fully saturated rings. The van der Waals surface area contributed by atoms with Gasteiger partial charge in [0.25, 0.3) is 0 Å². The number of aromatic nitrogens is 1. The molecule has 334 valence electrons. The fourth-order valence-electron chi connectivity index (χ4n) is 8.46. The quantitative estimate of drug-likeness (QED) is 0.0374. The Kier molecular flexibility index (Phi) is 16.5. The Labute approximate surface area is 398 Å². The Morgan fingerprint density at radius 3 is 1.37 bits per heavy atom. The summed E-state index contributed by atoms with van der Waals surface area (Å²) in [5.41, 5.74) is 6.99. The molecule has 5 aromatic heterocycles. The second-order valence-corrected chi connectivity index (χ2v) is 20.9. The van der Waals surface area contributed by atoms with Crippen LogP contribution in [0.5, 0.6) is 0 Å². The molecule has 0 atom stereocenters. The smallest absolute Gasteiger partial charge is 0.346 e. The van der Waals surface area contributed by atoms with Gasteiger partial charge in [0.1, 0.15) is 23.3 Å². The zero-order valence-corrected chi connectivity index (χ0v) is 40.6. The van der Waals surface area contributed by atoms with Crippen molar-refractivity contribution in [3.63, 3.8) is 0 Å². The number of rotatable bonds is 23. The lowest BCUT2D eigenvalue weighted by atomic mass is 10.00. The van der Waals surface area contributed by atoms with Gasteiger partial charge in [0.15, 0.2) is 0 Å². The third kappa shape index (κ3) is 11.3. The summed E-state index contributed by atoms with van der Waals surface area (Å²) in [6, 6.07) is 30.2. The van der Waals surface area contributed by atoms with Gasteiger partial charge in [0.2, 0.25) is 0 Å². The zero-order chi connectivity index (χ0) is 45.9. The van der Waals surface area contributed by atoms with E-state index in [0.717, 1.165) is 67.9 Å². The fourth-order valence-corrected chi connectivity index (χ4v) is 12.9. The molecule has 2 N–H and O–H groups in total. The van der Waals surface area contributed by atoms with Gasteiger partial charge < -0.3 is 14.8 Å². The SMILES string of the molecule is CCCCCCc1cc(-c2ccc(/C=C(/C#N)C(=O)O)s2)sc1-c1ccc2c(c1)c1cc(-c3sc(-c4ccc(/C=C(/C#N)C(=O)O)s4)cc3CCCCCC)ccc1n2CCCCCC. The highest BCUT2D eigenvalue weighted by Crippen LogP contribution is 2.46. The first kappa shape index (κ1) is 47.4. The first-order valence-electron chi connectivity index (χ1n) is 22.9. The number of unbranched alkanes of at least 4 members (excludes halogenated alkanes) is 9. The molecule has 0 unspecified atom stereocenters. The normalized spacial score (nSPS) is 12.0. The van der Waals surface area contributed by atoms with Crippen LogP contribution in [-0.4, -0.2) is 26.7 Å². The molecule has 0 aliphatic carbocycles. The number of aryl methyl sites for hydroxylation is 3. The standard InChI is InChI=1S/C54H55N3O4S4/c1-4-7-10-13-16-35-31-49(47-24-20-41(62-47)27-39(33-55)53(58)59)64-51(35)37-18-22-45-43(29-37)44-30-38(19-23-46(44)57(45)26-15-12-9-6-3)52-36(17-14-11-8-5-2)32-50(65-52)48-25-21-42(63-48)28-40(34-56)54(60)61/h18-25,27-32H,4-17,26H2,1-3H3,(H,58,59)(H,60,61)/b39-27-,40-28-. The van der Waals surface area contributed by atoms with E-state index in [1.165, 1.54) is 146 Å². The van der Waals surface area contributed by atoms with E-state index >= 15 is 0 Å². The predicted octanol–water partition coefficient (Wildman–Crippen LogP) is 16.5. The van der Waals surface area contributed by atoms with Crippen LogP contribution < -0.4 is 0 Å². The highest BCUT2D eigenvalue weighted by atomic mass is 32.1. The van der Waals surface area contributed by atoms with E-state index in [-0.39, 0.29) is 11.1 Å². The first-order valence-corrected chi connectivity index (χ1v) is 26.2. The molecule has 0 saturated heterocycles. The van der Waals surface area contributed by atoms with Crippen molar-refractivity contribution in [3.05, 3.63) is 105 Å². The van der Waals surface area contributed by atoms with Crippen molar-refractivity contribution >= 4 is 91.2 Å². The van der Waals surface area contributed by atoms with Gasteiger partial charge in [-0.25, -0.2) is 9.59 Å². The Morgan fingerprint density at radius 2 is 0.969 bits per heavy atom. The predicted molar refractivity (Wildman–Crippen MR) is 275 cm³/mol. The number of nitriles is 2. The molecular formula is C54H55N3O4S4. The maximum atomic E-state index is 11.6. The summed E-state index contributed by atoms with van der Waals surface area (Å²) >= 11 is 6.60. The number of hydrogen-bond donors (Lipinski definition) is 2. The number of carbonyl (C=O) groups is 2. The lowest BCUT2D eigenvalue weighted by Crippen LogP contribution is -1.97. The van der Waals surface area contributed by atoms with E-state index in [0.29, 0.717) is 0 Å². The molecule has 0 aliphatic rings. The molecule has 65 heavy (non-hydrogen) atoms. The van der Waals surface area contributed by atoms with Gasteiger partial charge in [-0.15, -0.1) is 45.3 Å². The van der Waals surface area contributed by atoms with Crippen LogP contribution in [0.3, 0.4) is 0 Å².